The second-order valence-electron chi connectivity index (χ2n) is 7.22. The summed E-state index contributed by atoms with van der Waals surface area (Å²) in [5, 5.41) is 0. The monoisotopic (exact) mass is 399 g/mol. The lowest BCUT2D eigenvalue weighted by Crippen LogP contribution is -2.49. The number of hydrogen-bond donors (Lipinski definition) is 0. The zero-order chi connectivity index (χ0) is 19.6. The third-order valence-electron chi connectivity index (χ3n) is 5.51. The van der Waals surface area contributed by atoms with Crippen LogP contribution in [0.2, 0.25) is 0 Å². The molecule has 2 aliphatic heterocycles. The van der Waals surface area contributed by atoms with Gasteiger partial charge >= 0.3 is 0 Å². The second kappa shape index (κ2) is 7.83. The normalized spacial score (nSPS) is 16.9. The van der Waals surface area contributed by atoms with Gasteiger partial charge in [-0.1, -0.05) is 36.4 Å². The van der Waals surface area contributed by atoms with Gasteiger partial charge in [0.15, 0.2) is 0 Å². The summed E-state index contributed by atoms with van der Waals surface area (Å²) in [6.45, 7) is 3.25. The Labute approximate surface area is 166 Å². The molecule has 7 heteroatoms. The van der Waals surface area contributed by atoms with Crippen molar-refractivity contribution >= 4 is 27.3 Å². The number of nitrogens with zero attached hydrogens (tertiary/aromatic N) is 3. The zero-order valence-electron chi connectivity index (χ0n) is 15.8. The first-order valence-electron chi connectivity index (χ1n) is 9.71. The fraction of sp³-hybridized carbons (Fsp3) is 0.381. The van der Waals surface area contributed by atoms with Crippen LogP contribution in [0.3, 0.4) is 0 Å². The molecule has 0 N–H and O–H groups in total. The van der Waals surface area contributed by atoms with E-state index >= 15 is 0 Å². The molecule has 2 heterocycles. The van der Waals surface area contributed by atoms with Crippen LogP contribution in [-0.4, -0.2) is 57.7 Å². The number of para-hydroxylation sites is 2. The van der Waals surface area contributed by atoms with E-state index < -0.39 is 10.0 Å². The molecule has 6 nitrogen and oxygen atoms in total. The molecule has 2 aromatic rings. The van der Waals surface area contributed by atoms with Crippen molar-refractivity contribution in [3.8, 4) is 0 Å². The third kappa shape index (κ3) is 3.85. The molecule has 1 fully saturated rings. The summed E-state index contributed by atoms with van der Waals surface area (Å²) in [7, 11) is -3.49. The van der Waals surface area contributed by atoms with E-state index in [1.165, 1.54) is 4.31 Å². The maximum atomic E-state index is 12.8. The molecule has 2 aliphatic rings. The summed E-state index contributed by atoms with van der Waals surface area (Å²) < 4.78 is 27.0. The first kappa shape index (κ1) is 18.8. The molecule has 1 saturated heterocycles. The Hall–Kier alpha value is -2.54. The highest BCUT2D eigenvalue weighted by Crippen LogP contribution is 2.30. The van der Waals surface area contributed by atoms with Crippen LogP contribution in [0, 0.1) is 0 Å². The zero-order valence-corrected chi connectivity index (χ0v) is 16.6. The molecule has 0 saturated carbocycles. The molecule has 1 amide bonds. The minimum Gasteiger partial charge on any atom is -0.368 e. The second-order valence-corrected chi connectivity index (χ2v) is 9.23. The van der Waals surface area contributed by atoms with Gasteiger partial charge in [0.05, 0.1) is 11.4 Å². The van der Waals surface area contributed by atoms with Crippen molar-refractivity contribution in [1.29, 1.82) is 0 Å². The minimum absolute atomic E-state index is 0.0341. The van der Waals surface area contributed by atoms with Crippen molar-refractivity contribution in [2.24, 2.45) is 0 Å². The van der Waals surface area contributed by atoms with Crippen LogP contribution in [0.5, 0.6) is 0 Å². The first-order chi connectivity index (χ1) is 13.5. The molecule has 0 bridgehead atoms. The predicted molar refractivity (Wildman–Crippen MR) is 111 cm³/mol. The average Bonchev–Trinajstić information content (AvgIpc) is 3.18. The number of piperazine rings is 1. The van der Waals surface area contributed by atoms with E-state index in [2.05, 4.69) is 17.0 Å². The highest BCUT2D eigenvalue weighted by molar-refractivity contribution is 7.92. The molecular weight excluding hydrogens is 374 g/mol. The smallest absolute Gasteiger partial charge is 0.235 e. The fourth-order valence-electron chi connectivity index (χ4n) is 3.93. The van der Waals surface area contributed by atoms with Crippen molar-refractivity contribution in [3.05, 3.63) is 60.2 Å². The van der Waals surface area contributed by atoms with E-state index in [-0.39, 0.29) is 18.1 Å². The standard InChI is InChI=1S/C21H25N3O3S/c25-21(23-15-13-22(14-16-23)19-7-2-1-3-8-19)11-17-28(26,27)24-12-10-18-6-4-5-9-20(18)24/h1-9H,10-17H2. The van der Waals surface area contributed by atoms with Crippen LogP contribution >= 0.6 is 0 Å². The summed E-state index contributed by atoms with van der Waals surface area (Å²) in [5.74, 6) is -0.220. The number of carbonyl (C=O) groups is 1. The largest absolute Gasteiger partial charge is 0.368 e. The van der Waals surface area contributed by atoms with Gasteiger partial charge in [-0.25, -0.2) is 8.42 Å². The van der Waals surface area contributed by atoms with Crippen LogP contribution in [0.4, 0.5) is 11.4 Å². The summed E-state index contributed by atoms with van der Waals surface area (Å²) in [5.41, 5.74) is 2.96. The summed E-state index contributed by atoms with van der Waals surface area (Å²) >= 11 is 0. The lowest BCUT2D eigenvalue weighted by Gasteiger charge is -2.36. The maximum Gasteiger partial charge on any atom is 0.235 e. The number of sulfonamides is 1. The van der Waals surface area contributed by atoms with Gasteiger partial charge in [0.2, 0.25) is 15.9 Å². The molecular formula is C21H25N3O3S. The van der Waals surface area contributed by atoms with E-state index in [1.54, 1.807) is 4.90 Å². The van der Waals surface area contributed by atoms with Gasteiger partial charge < -0.3 is 9.80 Å². The lowest BCUT2D eigenvalue weighted by atomic mass is 10.2. The maximum absolute atomic E-state index is 12.8. The number of anilines is 2. The van der Waals surface area contributed by atoms with Crippen LogP contribution in [0.15, 0.2) is 54.6 Å². The van der Waals surface area contributed by atoms with Gasteiger partial charge in [0, 0.05) is 44.8 Å². The van der Waals surface area contributed by atoms with E-state index in [4.69, 9.17) is 0 Å². The molecule has 4 rings (SSSR count). The quantitative estimate of drug-likeness (QED) is 0.773. The Morgan fingerprint density at radius 2 is 1.54 bits per heavy atom. The van der Waals surface area contributed by atoms with Gasteiger partial charge in [-0.05, 0) is 30.2 Å². The summed E-state index contributed by atoms with van der Waals surface area (Å²) in [6, 6.07) is 17.7. The Kier molecular flexibility index (Phi) is 5.26. The minimum atomic E-state index is -3.49. The van der Waals surface area contributed by atoms with Crippen LogP contribution < -0.4 is 9.21 Å². The number of amides is 1. The number of carbonyl (C=O) groups excluding carboxylic acids is 1. The number of benzene rings is 2. The van der Waals surface area contributed by atoms with Gasteiger partial charge in [-0.2, -0.15) is 0 Å². The summed E-state index contributed by atoms with van der Waals surface area (Å²) in [4.78, 5) is 16.6. The number of fused-ring (bicyclic) bond motifs is 1. The average molecular weight is 400 g/mol. The Balaban J connectivity index is 1.31. The molecule has 28 heavy (non-hydrogen) atoms. The SMILES string of the molecule is O=C(CCS(=O)(=O)N1CCc2ccccc21)N1CCN(c2ccccc2)CC1. The van der Waals surface area contributed by atoms with Crippen molar-refractivity contribution in [2.75, 3.05) is 47.7 Å². The van der Waals surface area contributed by atoms with Crippen LogP contribution in [0.25, 0.3) is 0 Å². The van der Waals surface area contributed by atoms with Crippen molar-refractivity contribution in [2.45, 2.75) is 12.8 Å². The van der Waals surface area contributed by atoms with Crippen molar-refractivity contribution < 1.29 is 13.2 Å². The molecule has 2 aromatic carbocycles. The van der Waals surface area contributed by atoms with Gasteiger partial charge in [0.1, 0.15) is 0 Å². The molecule has 0 atom stereocenters. The van der Waals surface area contributed by atoms with Gasteiger partial charge in [-0.15, -0.1) is 0 Å². The van der Waals surface area contributed by atoms with E-state index in [0.717, 1.165) is 36.4 Å². The number of rotatable bonds is 5. The highest BCUT2D eigenvalue weighted by atomic mass is 32.2. The Morgan fingerprint density at radius 1 is 0.857 bits per heavy atom. The van der Waals surface area contributed by atoms with E-state index in [0.29, 0.717) is 19.6 Å². The molecule has 148 valence electrons. The molecule has 0 aromatic heterocycles. The topological polar surface area (TPSA) is 60.9 Å². The van der Waals surface area contributed by atoms with Crippen molar-refractivity contribution in [1.82, 2.24) is 4.90 Å². The van der Waals surface area contributed by atoms with E-state index in [1.807, 2.05) is 42.5 Å². The summed E-state index contributed by atoms with van der Waals surface area (Å²) in [6.07, 6.45) is 0.761. The van der Waals surface area contributed by atoms with Crippen LogP contribution in [-0.2, 0) is 21.2 Å². The van der Waals surface area contributed by atoms with Crippen LogP contribution in [0.1, 0.15) is 12.0 Å². The Bertz CT molecular complexity index is 938. The molecule has 0 spiro atoms. The lowest BCUT2D eigenvalue weighted by molar-refractivity contribution is -0.131. The molecule has 0 aliphatic carbocycles. The third-order valence-corrected chi connectivity index (χ3v) is 7.28. The first-order valence-corrected chi connectivity index (χ1v) is 11.3. The van der Waals surface area contributed by atoms with Gasteiger partial charge in [0.25, 0.3) is 0 Å². The van der Waals surface area contributed by atoms with Crippen molar-refractivity contribution in [3.63, 3.8) is 0 Å². The predicted octanol–water partition coefficient (Wildman–Crippen LogP) is 2.12. The number of hydrogen-bond acceptors (Lipinski definition) is 4. The molecule has 0 unspecified atom stereocenters. The van der Waals surface area contributed by atoms with Gasteiger partial charge in [-0.3, -0.25) is 9.10 Å². The highest BCUT2D eigenvalue weighted by Gasteiger charge is 2.30. The fourth-order valence-corrected chi connectivity index (χ4v) is 5.43. The Morgan fingerprint density at radius 3 is 2.29 bits per heavy atom. The molecule has 0 radical (unpaired) electrons. The van der Waals surface area contributed by atoms with E-state index in [9.17, 15) is 13.2 Å².